The van der Waals surface area contributed by atoms with E-state index in [2.05, 4.69) is 41.5 Å². The van der Waals surface area contributed by atoms with Gasteiger partial charge in [0.05, 0.1) is 0 Å². The number of carbonyl (C=O) groups is 1. The normalized spacial score (nSPS) is 20.8. The number of H-pyrrole nitrogens is 1. The zero-order valence-electron chi connectivity index (χ0n) is 13.7. The lowest BCUT2D eigenvalue weighted by Gasteiger charge is -2.14. The zero-order chi connectivity index (χ0) is 16.6. The number of amides is 1. The van der Waals surface area contributed by atoms with Gasteiger partial charge < -0.3 is 10.3 Å². The molecule has 1 heterocycles. The average molecular weight is 310 g/mol. The maximum atomic E-state index is 12.3. The van der Waals surface area contributed by atoms with Crippen LogP contribution < -0.4 is 10.9 Å². The molecule has 23 heavy (non-hydrogen) atoms. The first-order chi connectivity index (χ1) is 11.0. The molecule has 1 saturated carbocycles. The SMILES string of the molecule is Cc1cccc(C2CC2C(C)NC(=O)c2ccc(C)[nH]c2=O)c1. The van der Waals surface area contributed by atoms with Crippen molar-refractivity contribution in [2.75, 3.05) is 0 Å². The lowest BCUT2D eigenvalue weighted by Crippen LogP contribution is -2.37. The van der Waals surface area contributed by atoms with Crippen molar-refractivity contribution in [1.82, 2.24) is 10.3 Å². The second-order valence-electron chi connectivity index (χ2n) is 6.57. The van der Waals surface area contributed by atoms with Gasteiger partial charge in [0.2, 0.25) is 0 Å². The van der Waals surface area contributed by atoms with Gasteiger partial charge in [-0.15, -0.1) is 0 Å². The first kappa shape index (κ1) is 15.5. The number of aromatic amines is 1. The molecule has 0 saturated heterocycles. The van der Waals surface area contributed by atoms with Gasteiger partial charge in [-0.05, 0) is 56.7 Å². The van der Waals surface area contributed by atoms with Crippen LogP contribution in [0, 0.1) is 19.8 Å². The fourth-order valence-corrected chi connectivity index (χ4v) is 3.19. The van der Waals surface area contributed by atoms with Gasteiger partial charge in [0.25, 0.3) is 11.5 Å². The second kappa shape index (κ2) is 6.03. The summed E-state index contributed by atoms with van der Waals surface area (Å²) < 4.78 is 0. The van der Waals surface area contributed by atoms with Crippen LogP contribution in [-0.2, 0) is 0 Å². The fourth-order valence-electron chi connectivity index (χ4n) is 3.19. The summed E-state index contributed by atoms with van der Waals surface area (Å²) in [7, 11) is 0. The minimum atomic E-state index is -0.333. The zero-order valence-corrected chi connectivity index (χ0v) is 13.7. The van der Waals surface area contributed by atoms with Gasteiger partial charge in [-0.2, -0.15) is 0 Å². The summed E-state index contributed by atoms with van der Waals surface area (Å²) in [6, 6.07) is 11.9. The molecular formula is C19H22N2O2. The minimum absolute atomic E-state index is 0.0497. The highest BCUT2D eigenvalue weighted by Crippen LogP contribution is 2.49. The van der Waals surface area contributed by atoms with Gasteiger partial charge in [0, 0.05) is 11.7 Å². The van der Waals surface area contributed by atoms with Crippen molar-refractivity contribution in [3.8, 4) is 0 Å². The Morgan fingerprint density at radius 2 is 2.04 bits per heavy atom. The standard InChI is InChI=1S/C19H22N2O2/c1-11-5-4-6-14(9-11)17-10-16(17)13(3)21-19(23)15-8-7-12(2)20-18(15)22/h4-9,13,16-17H,10H2,1-3H3,(H,20,22)(H,21,23). The van der Waals surface area contributed by atoms with Crippen molar-refractivity contribution in [2.24, 2.45) is 5.92 Å². The number of carbonyl (C=O) groups excluding carboxylic acids is 1. The van der Waals surface area contributed by atoms with Crippen LogP contribution in [0.3, 0.4) is 0 Å². The van der Waals surface area contributed by atoms with Gasteiger partial charge in [-0.25, -0.2) is 0 Å². The second-order valence-corrected chi connectivity index (χ2v) is 6.57. The Kier molecular flexibility index (Phi) is 4.07. The van der Waals surface area contributed by atoms with E-state index in [1.165, 1.54) is 11.1 Å². The van der Waals surface area contributed by atoms with E-state index in [1.807, 2.05) is 6.92 Å². The highest BCUT2D eigenvalue weighted by atomic mass is 16.2. The first-order valence-corrected chi connectivity index (χ1v) is 8.03. The topological polar surface area (TPSA) is 62.0 Å². The number of pyridine rings is 1. The number of benzene rings is 1. The van der Waals surface area contributed by atoms with Crippen molar-refractivity contribution >= 4 is 5.91 Å². The minimum Gasteiger partial charge on any atom is -0.349 e. The molecule has 3 rings (SSSR count). The molecule has 0 radical (unpaired) electrons. The Hall–Kier alpha value is -2.36. The van der Waals surface area contributed by atoms with E-state index >= 15 is 0 Å². The number of aryl methyl sites for hydroxylation is 2. The molecule has 0 aliphatic heterocycles. The van der Waals surface area contributed by atoms with E-state index < -0.39 is 0 Å². The monoisotopic (exact) mass is 310 g/mol. The molecule has 3 atom stereocenters. The van der Waals surface area contributed by atoms with Gasteiger partial charge in [-0.1, -0.05) is 29.8 Å². The number of rotatable bonds is 4. The smallest absolute Gasteiger partial charge is 0.260 e. The highest BCUT2D eigenvalue weighted by molar-refractivity contribution is 5.94. The van der Waals surface area contributed by atoms with Crippen molar-refractivity contribution in [3.63, 3.8) is 0 Å². The molecule has 2 aromatic rings. The summed E-state index contributed by atoms with van der Waals surface area (Å²) in [6.45, 7) is 5.90. The fraction of sp³-hybridized carbons (Fsp3) is 0.368. The summed E-state index contributed by atoms with van der Waals surface area (Å²) in [5.41, 5.74) is 3.19. The van der Waals surface area contributed by atoms with Crippen LogP contribution in [0.1, 0.15) is 46.4 Å². The van der Waals surface area contributed by atoms with Gasteiger partial charge in [-0.3, -0.25) is 9.59 Å². The molecule has 0 spiro atoms. The molecular weight excluding hydrogens is 288 g/mol. The van der Waals surface area contributed by atoms with Crippen LogP contribution in [0.2, 0.25) is 0 Å². The Bertz CT molecular complexity index is 794. The third kappa shape index (κ3) is 3.36. The number of nitrogens with one attached hydrogen (secondary N) is 2. The maximum Gasteiger partial charge on any atom is 0.260 e. The van der Waals surface area contributed by atoms with Gasteiger partial charge in [0.1, 0.15) is 5.56 Å². The maximum absolute atomic E-state index is 12.3. The summed E-state index contributed by atoms with van der Waals surface area (Å²) in [5.74, 6) is 0.639. The van der Waals surface area contributed by atoms with E-state index in [0.29, 0.717) is 11.8 Å². The van der Waals surface area contributed by atoms with Gasteiger partial charge >= 0.3 is 0 Å². The van der Waals surface area contributed by atoms with Crippen molar-refractivity contribution in [2.45, 2.75) is 39.2 Å². The van der Waals surface area contributed by atoms with E-state index in [0.717, 1.165) is 12.1 Å². The van der Waals surface area contributed by atoms with Crippen molar-refractivity contribution < 1.29 is 4.79 Å². The molecule has 1 aliphatic rings. The number of hydrogen-bond acceptors (Lipinski definition) is 2. The lowest BCUT2D eigenvalue weighted by atomic mass is 10.0. The molecule has 1 fully saturated rings. The first-order valence-electron chi connectivity index (χ1n) is 8.03. The third-order valence-electron chi connectivity index (χ3n) is 4.61. The Morgan fingerprint density at radius 1 is 1.26 bits per heavy atom. The molecule has 4 heteroatoms. The molecule has 3 unspecified atom stereocenters. The molecule has 1 amide bonds. The summed E-state index contributed by atoms with van der Waals surface area (Å²) in [6.07, 6.45) is 1.08. The molecule has 1 aliphatic carbocycles. The largest absolute Gasteiger partial charge is 0.349 e. The predicted molar refractivity (Wildman–Crippen MR) is 90.8 cm³/mol. The molecule has 1 aromatic heterocycles. The van der Waals surface area contributed by atoms with Crippen LogP contribution in [0.15, 0.2) is 41.2 Å². The molecule has 120 valence electrons. The molecule has 1 aromatic carbocycles. The number of aromatic nitrogens is 1. The van der Waals surface area contributed by atoms with Crippen LogP contribution in [0.25, 0.3) is 0 Å². The van der Waals surface area contributed by atoms with Crippen LogP contribution >= 0.6 is 0 Å². The van der Waals surface area contributed by atoms with Crippen LogP contribution in [0.5, 0.6) is 0 Å². The highest BCUT2D eigenvalue weighted by Gasteiger charge is 2.42. The van der Waals surface area contributed by atoms with E-state index in [9.17, 15) is 9.59 Å². The van der Waals surface area contributed by atoms with Crippen LogP contribution in [0.4, 0.5) is 0 Å². The number of hydrogen-bond donors (Lipinski definition) is 2. The molecule has 0 bridgehead atoms. The summed E-state index contributed by atoms with van der Waals surface area (Å²) >= 11 is 0. The Morgan fingerprint density at radius 3 is 2.74 bits per heavy atom. The average Bonchev–Trinajstić information content (AvgIpc) is 3.27. The summed E-state index contributed by atoms with van der Waals surface area (Å²) in [4.78, 5) is 26.8. The van der Waals surface area contributed by atoms with Crippen LogP contribution in [-0.4, -0.2) is 16.9 Å². The lowest BCUT2D eigenvalue weighted by molar-refractivity contribution is 0.0934. The Labute approximate surface area is 135 Å². The summed E-state index contributed by atoms with van der Waals surface area (Å²) in [5, 5.41) is 2.97. The van der Waals surface area contributed by atoms with Crippen molar-refractivity contribution in [3.05, 3.63) is 69.1 Å². The van der Waals surface area contributed by atoms with E-state index in [1.54, 1.807) is 19.1 Å². The third-order valence-corrected chi connectivity index (χ3v) is 4.61. The van der Waals surface area contributed by atoms with Gasteiger partial charge in [0.15, 0.2) is 0 Å². The molecule has 4 nitrogen and oxygen atoms in total. The predicted octanol–water partition coefficient (Wildman–Crippen LogP) is 2.91. The van der Waals surface area contributed by atoms with E-state index in [-0.39, 0.29) is 23.1 Å². The van der Waals surface area contributed by atoms with E-state index in [4.69, 9.17) is 0 Å². The van der Waals surface area contributed by atoms with Crippen molar-refractivity contribution in [1.29, 1.82) is 0 Å². The molecule has 2 N–H and O–H groups in total. The quantitative estimate of drug-likeness (QED) is 0.912. The Balaban J connectivity index is 1.65.